The second kappa shape index (κ2) is 4.65. The molecule has 2 aromatic rings. The van der Waals surface area contributed by atoms with Crippen molar-refractivity contribution in [1.82, 2.24) is 4.98 Å². The summed E-state index contributed by atoms with van der Waals surface area (Å²) in [7, 11) is 0. The van der Waals surface area contributed by atoms with Crippen LogP contribution in [0.5, 0.6) is 0 Å². The Kier molecular flexibility index (Phi) is 3.05. The van der Waals surface area contributed by atoms with Crippen molar-refractivity contribution in [2.45, 2.75) is 6.92 Å². The van der Waals surface area contributed by atoms with Gasteiger partial charge in [-0.2, -0.15) is 0 Å². The van der Waals surface area contributed by atoms with Gasteiger partial charge in [0.25, 0.3) is 5.91 Å². The molecule has 1 amide bonds. The van der Waals surface area contributed by atoms with Crippen molar-refractivity contribution in [1.29, 1.82) is 0 Å². The maximum Gasteiger partial charge on any atom is 0.255 e. The maximum absolute atomic E-state index is 11.9. The predicted molar refractivity (Wildman–Crippen MR) is 67.8 cm³/mol. The number of nitrogens with one attached hydrogen (secondary N) is 1. The molecule has 3 N–H and O–H groups in total. The molecule has 0 bridgehead atoms. The summed E-state index contributed by atoms with van der Waals surface area (Å²) in [5.74, 6) is -0.153. The fourth-order valence-corrected chi connectivity index (χ4v) is 1.44. The molecule has 0 aliphatic heterocycles. The van der Waals surface area contributed by atoms with Gasteiger partial charge in [-0.1, -0.05) is 0 Å². The quantitative estimate of drug-likeness (QED) is 0.773. The lowest BCUT2D eigenvalue weighted by molar-refractivity contribution is 0.102. The Balaban J connectivity index is 2.17. The van der Waals surface area contributed by atoms with Gasteiger partial charge in [-0.15, -0.1) is 0 Å². The van der Waals surface area contributed by atoms with Crippen LogP contribution in [0.4, 0.5) is 11.4 Å². The van der Waals surface area contributed by atoms with Crippen molar-refractivity contribution in [2.24, 2.45) is 0 Å². The number of rotatable bonds is 2. The van der Waals surface area contributed by atoms with Gasteiger partial charge in [0.15, 0.2) is 0 Å². The first-order chi connectivity index (χ1) is 8.16. The monoisotopic (exact) mass is 227 g/mol. The Morgan fingerprint density at radius 2 is 1.94 bits per heavy atom. The lowest BCUT2D eigenvalue weighted by Gasteiger charge is -2.07. The number of carbonyl (C=O) groups is 1. The van der Waals surface area contributed by atoms with E-state index in [2.05, 4.69) is 10.3 Å². The summed E-state index contributed by atoms with van der Waals surface area (Å²) < 4.78 is 0. The molecule has 4 heteroatoms. The minimum absolute atomic E-state index is 0.153. The number of nitrogens with two attached hydrogens (primary N) is 1. The summed E-state index contributed by atoms with van der Waals surface area (Å²) in [6.07, 6.45) is 3.35. The minimum atomic E-state index is -0.153. The zero-order valence-electron chi connectivity index (χ0n) is 9.47. The van der Waals surface area contributed by atoms with Crippen LogP contribution in [0.25, 0.3) is 0 Å². The van der Waals surface area contributed by atoms with Crippen LogP contribution in [0.3, 0.4) is 0 Å². The molecule has 17 heavy (non-hydrogen) atoms. The van der Waals surface area contributed by atoms with E-state index in [1.54, 1.807) is 42.7 Å². The lowest BCUT2D eigenvalue weighted by Crippen LogP contribution is -2.12. The molecule has 1 aromatic carbocycles. The number of amides is 1. The number of hydrogen-bond acceptors (Lipinski definition) is 3. The van der Waals surface area contributed by atoms with E-state index in [4.69, 9.17) is 5.73 Å². The van der Waals surface area contributed by atoms with E-state index >= 15 is 0 Å². The van der Waals surface area contributed by atoms with E-state index in [1.807, 2.05) is 6.92 Å². The van der Waals surface area contributed by atoms with Crippen LogP contribution < -0.4 is 11.1 Å². The largest absolute Gasteiger partial charge is 0.399 e. The highest BCUT2D eigenvalue weighted by Crippen LogP contribution is 2.14. The topological polar surface area (TPSA) is 68.0 Å². The standard InChI is InChI=1S/C13H13N3O/c1-9-8-15-7-6-12(9)16-13(17)10-2-4-11(14)5-3-10/h2-8H,14H2,1H3,(H,15,16,17). The highest BCUT2D eigenvalue weighted by molar-refractivity contribution is 6.04. The van der Waals surface area contributed by atoms with Crippen molar-refractivity contribution in [3.8, 4) is 0 Å². The third-order valence-corrected chi connectivity index (χ3v) is 2.44. The Hall–Kier alpha value is -2.36. The van der Waals surface area contributed by atoms with Crippen molar-refractivity contribution < 1.29 is 4.79 Å². The number of nitrogens with zero attached hydrogens (tertiary/aromatic N) is 1. The number of anilines is 2. The SMILES string of the molecule is Cc1cnccc1NC(=O)c1ccc(N)cc1. The van der Waals surface area contributed by atoms with Gasteiger partial charge in [-0.25, -0.2) is 0 Å². The summed E-state index contributed by atoms with van der Waals surface area (Å²) in [5.41, 5.74) is 8.48. The molecule has 0 atom stereocenters. The molecule has 0 radical (unpaired) electrons. The summed E-state index contributed by atoms with van der Waals surface area (Å²) in [5, 5.41) is 2.83. The van der Waals surface area contributed by atoms with Crippen LogP contribution >= 0.6 is 0 Å². The summed E-state index contributed by atoms with van der Waals surface area (Å²) >= 11 is 0. The van der Waals surface area contributed by atoms with Crippen LogP contribution in [0, 0.1) is 6.92 Å². The van der Waals surface area contributed by atoms with Gasteiger partial charge in [0.2, 0.25) is 0 Å². The number of nitrogen functional groups attached to an aromatic ring is 1. The first kappa shape index (κ1) is 11.1. The van der Waals surface area contributed by atoms with Crippen molar-refractivity contribution in [3.63, 3.8) is 0 Å². The number of aryl methyl sites for hydroxylation is 1. The maximum atomic E-state index is 11.9. The molecule has 1 aromatic heterocycles. The molecule has 0 saturated heterocycles. The Labute approximate surface area is 99.5 Å². The average molecular weight is 227 g/mol. The van der Waals surface area contributed by atoms with Crippen LogP contribution in [0.1, 0.15) is 15.9 Å². The number of hydrogen-bond donors (Lipinski definition) is 2. The van der Waals surface area contributed by atoms with E-state index in [1.165, 1.54) is 0 Å². The Morgan fingerprint density at radius 3 is 2.59 bits per heavy atom. The van der Waals surface area contributed by atoms with Crippen molar-refractivity contribution in [2.75, 3.05) is 11.1 Å². The first-order valence-corrected chi connectivity index (χ1v) is 5.24. The Bertz CT molecular complexity index is 535. The van der Waals surface area contributed by atoms with Crippen molar-refractivity contribution >= 4 is 17.3 Å². The van der Waals surface area contributed by atoms with E-state index in [0.29, 0.717) is 11.3 Å². The molecular weight excluding hydrogens is 214 g/mol. The highest BCUT2D eigenvalue weighted by Gasteiger charge is 2.06. The van der Waals surface area contributed by atoms with Crippen LogP contribution in [-0.4, -0.2) is 10.9 Å². The Morgan fingerprint density at radius 1 is 1.24 bits per heavy atom. The summed E-state index contributed by atoms with van der Waals surface area (Å²) in [6.45, 7) is 1.89. The average Bonchev–Trinajstić information content (AvgIpc) is 2.33. The normalized spacial score (nSPS) is 9.94. The van der Waals surface area contributed by atoms with Gasteiger partial charge in [0.05, 0.1) is 0 Å². The fraction of sp³-hybridized carbons (Fsp3) is 0.0769. The van der Waals surface area contributed by atoms with Gasteiger partial charge in [-0.3, -0.25) is 9.78 Å². The first-order valence-electron chi connectivity index (χ1n) is 5.24. The van der Waals surface area contributed by atoms with Gasteiger partial charge in [0.1, 0.15) is 0 Å². The zero-order valence-corrected chi connectivity index (χ0v) is 9.47. The number of pyridine rings is 1. The number of carbonyl (C=O) groups excluding carboxylic acids is 1. The molecule has 86 valence electrons. The predicted octanol–water partition coefficient (Wildman–Crippen LogP) is 2.22. The molecule has 0 saturated carbocycles. The summed E-state index contributed by atoms with van der Waals surface area (Å²) in [4.78, 5) is 15.9. The van der Waals surface area contributed by atoms with E-state index < -0.39 is 0 Å². The van der Waals surface area contributed by atoms with E-state index in [-0.39, 0.29) is 5.91 Å². The lowest BCUT2D eigenvalue weighted by atomic mass is 10.2. The highest BCUT2D eigenvalue weighted by atomic mass is 16.1. The van der Waals surface area contributed by atoms with Gasteiger partial charge in [-0.05, 0) is 42.8 Å². The van der Waals surface area contributed by atoms with Gasteiger partial charge in [0, 0.05) is 29.3 Å². The zero-order chi connectivity index (χ0) is 12.3. The molecular formula is C13H13N3O. The van der Waals surface area contributed by atoms with E-state index in [0.717, 1.165) is 11.3 Å². The van der Waals surface area contributed by atoms with Crippen LogP contribution in [-0.2, 0) is 0 Å². The second-order valence-corrected chi connectivity index (χ2v) is 3.77. The smallest absolute Gasteiger partial charge is 0.255 e. The molecule has 0 unspecified atom stereocenters. The molecule has 0 spiro atoms. The number of benzene rings is 1. The fourth-order valence-electron chi connectivity index (χ4n) is 1.44. The summed E-state index contributed by atoms with van der Waals surface area (Å²) in [6, 6.07) is 8.57. The minimum Gasteiger partial charge on any atom is -0.399 e. The van der Waals surface area contributed by atoms with Crippen LogP contribution in [0.15, 0.2) is 42.7 Å². The molecule has 1 heterocycles. The van der Waals surface area contributed by atoms with Crippen LogP contribution in [0.2, 0.25) is 0 Å². The molecule has 2 rings (SSSR count). The second-order valence-electron chi connectivity index (χ2n) is 3.77. The van der Waals surface area contributed by atoms with E-state index in [9.17, 15) is 4.79 Å². The third-order valence-electron chi connectivity index (χ3n) is 2.44. The molecule has 0 fully saturated rings. The third kappa shape index (κ3) is 2.60. The number of aromatic nitrogens is 1. The molecule has 4 nitrogen and oxygen atoms in total. The molecule has 0 aliphatic carbocycles. The van der Waals surface area contributed by atoms with Gasteiger partial charge >= 0.3 is 0 Å². The van der Waals surface area contributed by atoms with Crippen molar-refractivity contribution in [3.05, 3.63) is 53.9 Å². The van der Waals surface area contributed by atoms with Gasteiger partial charge < -0.3 is 11.1 Å². The molecule has 0 aliphatic rings.